The number of hydrogen-bond acceptors (Lipinski definition) is 5. The molecular weight excluding hydrogens is 512 g/mol. The summed E-state index contributed by atoms with van der Waals surface area (Å²) in [5.41, 5.74) is 6.04. The number of anilines is 1. The van der Waals surface area contributed by atoms with Crippen LogP contribution in [0.1, 0.15) is 23.6 Å². The van der Waals surface area contributed by atoms with Crippen molar-refractivity contribution >= 4 is 38.5 Å². The zero-order valence-electron chi connectivity index (χ0n) is 19.7. The van der Waals surface area contributed by atoms with E-state index in [1.165, 1.54) is 0 Å². The lowest BCUT2D eigenvalue weighted by Crippen LogP contribution is -2.21. The minimum atomic E-state index is -0.0392. The van der Waals surface area contributed by atoms with Gasteiger partial charge in [0.05, 0.1) is 30.1 Å². The van der Waals surface area contributed by atoms with E-state index >= 15 is 0 Å². The minimum absolute atomic E-state index is 0.0392. The zero-order valence-corrected chi connectivity index (χ0v) is 21.3. The molecule has 6 heteroatoms. The standard InChI is InChI=1S/C30H23BrN4O/c1-36-24-15-12-21(13-16-24)28-19-27(20-8-4-2-5-9-20)34-35(28)30-32-26-17-14-23(31)18-25(26)29(33-30)22-10-6-3-7-11-22/h2-18,28H,19H2,1H3/t28-/m0/s1. The summed E-state index contributed by atoms with van der Waals surface area (Å²) in [6.45, 7) is 0. The van der Waals surface area contributed by atoms with Gasteiger partial charge in [0.25, 0.3) is 0 Å². The molecule has 0 N–H and O–H groups in total. The topological polar surface area (TPSA) is 50.6 Å². The molecule has 36 heavy (non-hydrogen) atoms. The summed E-state index contributed by atoms with van der Waals surface area (Å²) in [4.78, 5) is 10.1. The van der Waals surface area contributed by atoms with Crippen molar-refractivity contribution in [2.75, 3.05) is 12.1 Å². The Balaban J connectivity index is 1.52. The zero-order chi connectivity index (χ0) is 24.5. The molecule has 5 nitrogen and oxygen atoms in total. The maximum atomic E-state index is 5.39. The first kappa shape index (κ1) is 22.4. The van der Waals surface area contributed by atoms with E-state index in [2.05, 4.69) is 58.4 Å². The smallest absolute Gasteiger partial charge is 0.247 e. The Morgan fingerprint density at radius 2 is 1.50 bits per heavy atom. The van der Waals surface area contributed by atoms with Crippen molar-refractivity contribution in [1.82, 2.24) is 9.97 Å². The van der Waals surface area contributed by atoms with Gasteiger partial charge >= 0.3 is 0 Å². The summed E-state index contributed by atoms with van der Waals surface area (Å²) in [6, 6.07) is 34.8. The lowest BCUT2D eigenvalue weighted by molar-refractivity contribution is 0.414. The largest absolute Gasteiger partial charge is 0.497 e. The average Bonchev–Trinajstić information content (AvgIpc) is 3.39. The molecule has 0 fully saturated rings. The molecule has 0 aliphatic carbocycles. The molecule has 5 aromatic rings. The van der Waals surface area contributed by atoms with Gasteiger partial charge in [0, 0.05) is 21.8 Å². The number of halogens is 1. The Kier molecular flexibility index (Phi) is 5.95. The lowest BCUT2D eigenvalue weighted by Gasteiger charge is -2.23. The van der Waals surface area contributed by atoms with Crippen molar-refractivity contribution < 1.29 is 4.74 Å². The summed E-state index contributed by atoms with van der Waals surface area (Å²) in [6.07, 6.45) is 0.749. The quantitative estimate of drug-likeness (QED) is 0.235. The molecule has 0 amide bonds. The predicted molar refractivity (Wildman–Crippen MR) is 148 cm³/mol. The summed E-state index contributed by atoms with van der Waals surface area (Å²) in [7, 11) is 1.68. The van der Waals surface area contributed by atoms with Crippen molar-refractivity contribution in [3.8, 4) is 17.0 Å². The fraction of sp³-hybridized carbons (Fsp3) is 0.100. The third kappa shape index (κ3) is 4.25. The van der Waals surface area contributed by atoms with E-state index in [4.69, 9.17) is 19.8 Å². The van der Waals surface area contributed by atoms with Crippen molar-refractivity contribution in [3.63, 3.8) is 0 Å². The third-order valence-corrected chi connectivity index (χ3v) is 6.91. The Morgan fingerprint density at radius 3 is 2.19 bits per heavy atom. The van der Waals surface area contributed by atoms with Crippen LogP contribution in [0.15, 0.2) is 113 Å². The number of hydrogen-bond donors (Lipinski definition) is 0. The number of fused-ring (bicyclic) bond motifs is 1. The van der Waals surface area contributed by atoms with Gasteiger partial charge in [-0.2, -0.15) is 5.10 Å². The molecule has 1 aliphatic rings. The Morgan fingerprint density at radius 1 is 0.806 bits per heavy atom. The molecular formula is C30H23BrN4O. The molecule has 4 aromatic carbocycles. The second-order valence-corrected chi connectivity index (χ2v) is 9.57. The van der Waals surface area contributed by atoms with Crippen LogP contribution < -0.4 is 9.75 Å². The lowest BCUT2D eigenvalue weighted by atomic mass is 9.98. The summed E-state index contributed by atoms with van der Waals surface area (Å²) in [5.74, 6) is 1.40. The molecule has 0 radical (unpaired) electrons. The van der Waals surface area contributed by atoms with Crippen LogP contribution in [0.2, 0.25) is 0 Å². The van der Waals surface area contributed by atoms with Gasteiger partial charge in [-0.1, -0.05) is 88.7 Å². The molecule has 1 aliphatic heterocycles. The van der Waals surface area contributed by atoms with Crippen LogP contribution in [0.4, 0.5) is 5.95 Å². The van der Waals surface area contributed by atoms with Crippen LogP contribution >= 0.6 is 15.9 Å². The van der Waals surface area contributed by atoms with Crippen molar-refractivity contribution in [2.45, 2.75) is 12.5 Å². The molecule has 0 unspecified atom stereocenters. The number of aromatic nitrogens is 2. The van der Waals surface area contributed by atoms with E-state index in [-0.39, 0.29) is 6.04 Å². The van der Waals surface area contributed by atoms with Gasteiger partial charge in [-0.15, -0.1) is 0 Å². The van der Waals surface area contributed by atoms with Gasteiger partial charge in [-0.3, -0.25) is 0 Å². The minimum Gasteiger partial charge on any atom is -0.497 e. The molecule has 176 valence electrons. The monoisotopic (exact) mass is 534 g/mol. The number of nitrogens with zero attached hydrogens (tertiary/aromatic N) is 4. The second-order valence-electron chi connectivity index (χ2n) is 8.65. The van der Waals surface area contributed by atoms with Gasteiger partial charge in [0.2, 0.25) is 5.95 Å². The normalized spacial score (nSPS) is 15.2. The summed E-state index contributed by atoms with van der Waals surface area (Å²) >= 11 is 3.61. The van der Waals surface area contributed by atoms with E-state index in [1.54, 1.807) is 7.11 Å². The fourth-order valence-corrected chi connectivity index (χ4v) is 4.95. The number of hydrazone groups is 1. The Bertz CT molecular complexity index is 1550. The van der Waals surface area contributed by atoms with Crippen LogP contribution in [0.5, 0.6) is 5.75 Å². The van der Waals surface area contributed by atoms with Gasteiger partial charge < -0.3 is 4.74 Å². The van der Waals surface area contributed by atoms with Crippen molar-refractivity contribution in [3.05, 3.63) is 119 Å². The van der Waals surface area contributed by atoms with Crippen molar-refractivity contribution in [1.29, 1.82) is 0 Å². The number of ether oxygens (including phenoxy) is 1. The van der Waals surface area contributed by atoms with Gasteiger partial charge in [-0.05, 0) is 41.5 Å². The molecule has 1 atom stereocenters. The molecule has 0 saturated carbocycles. The maximum Gasteiger partial charge on any atom is 0.247 e. The number of methoxy groups -OCH3 is 1. The van der Waals surface area contributed by atoms with Crippen LogP contribution in [0.3, 0.4) is 0 Å². The number of benzene rings is 4. The van der Waals surface area contributed by atoms with Crippen molar-refractivity contribution in [2.24, 2.45) is 5.10 Å². The van der Waals surface area contributed by atoms with E-state index in [0.29, 0.717) is 5.95 Å². The molecule has 0 spiro atoms. The highest BCUT2D eigenvalue weighted by Crippen LogP contribution is 2.38. The first-order chi connectivity index (χ1) is 17.7. The molecule has 6 rings (SSSR count). The molecule has 1 aromatic heterocycles. The summed E-state index contributed by atoms with van der Waals surface area (Å²) < 4.78 is 6.38. The highest BCUT2D eigenvalue weighted by atomic mass is 79.9. The highest BCUT2D eigenvalue weighted by molar-refractivity contribution is 9.10. The SMILES string of the molecule is COc1ccc([C@@H]2CC(c3ccccc3)=NN2c2nc(-c3ccccc3)c3cc(Br)ccc3n2)cc1. The van der Waals surface area contributed by atoms with Gasteiger partial charge in [-0.25, -0.2) is 15.0 Å². The van der Waals surface area contributed by atoms with Crippen LogP contribution in [-0.4, -0.2) is 22.8 Å². The first-order valence-electron chi connectivity index (χ1n) is 11.8. The van der Waals surface area contributed by atoms with Crippen LogP contribution in [0.25, 0.3) is 22.2 Å². The highest BCUT2D eigenvalue weighted by Gasteiger charge is 2.32. The Labute approximate surface area is 218 Å². The first-order valence-corrected chi connectivity index (χ1v) is 12.6. The third-order valence-electron chi connectivity index (χ3n) is 6.42. The van der Waals surface area contributed by atoms with E-state index in [9.17, 15) is 0 Å². The number of rotatable bonds is 5. The van der Waals surface area contributed by atoms with Gasteiger partial charge in [0.15, 0.2) is 0 Å². The molecule has 0 saturated heterocycles. The molecule has 0 bridgehead atoms. The molecule has 2 heterocycles. The predicted octanol–water partition coefficient (Wildman–Crippen LogP) is 7.42. The van der Waals surface area contributed by atoms with E-state index < -0.39 is 0 Å². The fourth-order valence-electron chi connectivity index (χ4n) is 4.59. The van der Waals surface area contributed by atoms with Gasteiger partial charge in [0.1, 0.15) is 5.75 Å². The van der Waals surface area contributed by atoms with E-state index in [1.807, 2.05) is 65.7 Å². The second kappa shape index (κ2) is 9.55. The van der Waals surface area contributed by atoms with E-state index in [0.717, 1.165) is 55.6 Å². The Hall–Kier alpha value is -4.03. The average molecular weight is 535 g/mol. The van der Waals surface area contributed by atoms with Crippen LogP contribution in [0, 0.1) is 0 Å². The summed E-state index contributed by atoms with van der Waals surface area (Å²) in [5, 5.41) is 8.04. The maximum absolute atomic E-state index is 5.39. The van der Waals surface area contributed by atoms with Crippen LogP contribution in [-0.2, 0) is 0 Å².